The van der Waals surface area contributed by atoms with Gasteiger partial charge in [-0.15, -0.1) is 0 Å². The number of hydrogen-bond acceptors (Lipinski definition) is 1. The molecule has 0 radical (unpaired) electrons. The van der Waals surface area contributed by atoms with Crippen LogP contribution >= 0.6 is 11.6 Å². The third-order valence-electron chi connectivity index (χ3n) is 3.53. The molecule has 1 saturated carbocycles. The summed E-state index contributed by atoms with van der Waals surface area (Å²) in [5.41, 5.74) is 0.0728. The predicted octanol–water partition coefficient (Wildman–Crippen LogP) is 3.74. The van der Waals surface area contributed by atoms with Gasteiger partial charge in [0.25, 0.3) is 5.91 Å². The first-order valence-electron chi connectivity index (χ1n) is 6.36. The van der Waals surface area contributed by atoms with Gasteiger partial charge in [0, 0.05) is 18.1 Å². The number of amides is 1. The standard InChI is InChI=1S/C14H17ClFNO/c1-2-17(9-10-4-3-5-10)14(18)12-8-11(15)6-7-13(12)16/h6-8,10H,2-5,9H2,1H3. The molecule has 0 bridgehead atoms. The lowest BCUT2D eigenvalue weighted by atomic mass is 9.85. The molecule has 1 amide bonds. The quantitative estimate of drug-likeness (QED) is 0.815. The molecule has 0 spiro atoms. The van der Waals surface area contributed by atoms with Gasteiger partial charge in [0.05, 0.1) is 5.56 Å². The van der Waals surface area contributed by atoms with Gasteiger partial charge in [0.2, 0.25) is 0 Å². The lowest BCUT2D eigenvalue weighted by Crippen LogP contribution is -2.37. The van der Waals surface area contributed by atoms with Crippen LogP contribution in [0.25, 0.3) is 0 Å². The van der Waals surface area contributed by atoms with Crippen molar-refractivity contribution in [3.8, 4) is 0 Å². The zero-order chi connectivity index (χ0) is 13.1. The molecule has 1 aliphatic rings. The van der Waals surface area contributed by atoms with Crippen LogP contribution in [0.3, 0.4) is 0 Å². The summed E-state index contributed by atoms with van der Waals surface area (Å²) >= 11 is 5.82. The van der Waals surface area contributed by atoms with Crippen LogP contribution in [0.1, 0.15) is 36.5 Å². The highest BCUT2D eigenvalue weighted by atomic mass is 35.5. The maximum absolute atomic E-state index is 13.6. The fourth-order valence-corrected chi connectivity index (χ4v) is 2.35. The van der Waals surface area contributed by atoms with Crippen LogP contribution in [0.5, 0.6) is 0 Å². The van der Waals surface area contributed by atoms with E-state index in [9.17, 15) is 9.18 Å². The van der Waals surface area contributed by atoms with E-state index in [2.05, 4.69) is 0 Å². The van der Waals surface area contributed by atoms with Crippen molar-refractivity contribution < 1.29 is 9.18 Å². The second-order valence-electron chi connectivity index (χ2n) is 4.76. The largest absolute Gasteiger partial charge is 0.339 e. The Kier molecular flexibility index (Phi) is 4.23. The smallest absolute Gasteiger partial charge is 0.256 e. The van der Waals surface area contributed by atoms with Gasteiger partial charge >= 0.3 is 0 Å². The van der Waals surface area contributed by atoms with E-state index in [0.717, 1.165) is 6.54 Å². The minimum atomic E-state index is -0.503. The molecule has 1 aliphatic carbocycles. The Balaban J connectivity index is 2.14. The van der Waals surface area contributed by atoms with Gasteiger partial charge in [-0.25, -0.2) is 4.39 Å². The number of hydrogen-bond donors (Lipinski definition) is 0. The minimum absolute atomic E-state index is 0.0728. The molecule has 2 rings (SSSR count). The Morgan fingerprint density at radius 3 is 2.78 bits per heavy atom. The Morgan fingerprint density at radius 1 is 1.50 bits per heavy atom. The topological polar surface area (TPSA) is 20.3 Å². The van der Waals surface area contributed by atoms with Crippen molar-refractivity contribution in [1.29, 1.82) is 0 Å². The number of nitrogens with zero attached hydrogens (tertiary/aromatic N) is 1. The van der Waals surface area contributed by atoms with Gasteiger partial charge in [0.1, 0.15) is 5.82 Å². The van der Waals surface area contributed by atoms with E-state index in [0.29, 0.717) is 17.5 Å². The van der Waals surface area contributed by atoms with E-state index in [-0.39, 0.29) is 11.5 Å². The first-order valence-corrected chi connectivity index (χ1v) is 6.74. The van der Waals surface area contributed by atoms with E-state index < -0.39 is 5.82 Å². The van der Waals surface area contributed by atoms with Gasteiger partial charge in [-0.1, -0.05) is 18.0 Å². The van der Waals surface area contributed by atoms with Crippen molar-refractivity contribution >= 4 is 17.5 Å². The molecule has 0 heterocycles. The van der Waals surface area contributed by atoms with Crippen molar-refractivity contribution in [3.05, 3.63) is 34.6 Å². The van der Waals surface area contributed by atoms with Crippen LogP contribution in [0.15, 0.2) is 18.2 Å². The van der Waals surface area contributed by atoms with Crippen LogP contribution in [0.2, 0.25) is 5.02 Å². The van der Waals surface area contributed by atoms with E-state index in [1.54, 1.807) is 4.90 Å². The average Bonchev–Trinajstić information content (AvgIpc) is 2.30. The van der Waals surface area contributed by atoms with Gasteiger partial charge in [-0.3, -0.25) is 4.79 Å². The third kappa shape index (κ3) is 2.83. The van der Waals surface area contributed by atoms with Gasteiger partial charge in [0.15, 0.2) is 0 Å². The molecular weight excluding hydrogens is 253 g/mol. The second-order valence-corrected chi connectivity index (χ2v) is 5.20. The number of carbonyl (C=O) groups excluding carboxylic acids is 1. The van der Waals surface area contributed by atoms with Gasteiger partial charge in [-0.2, -0.15) is 0 Å². The Labute approximate surface area is 112 Å². The molecule has 0 unspecified atom stereocenters. The summed E-state index contributed by atoms with van der Waals surface area (Å²) in [5, 5.41) is 0.388. The van der Waals surface area contributed by atoms with Gasteiger partial charge < -0.3 is 4.90 Å². The molecule has 4 heteroatoms. The maximum Gasteiger partial charge on any atom is 0.256 e. The lowest BCUT2D eigenvalue weighted by molar-refractivity contribution is 0.0702. The summed E-state index contributed by atoms with van der Waals surface area (Å²) in [4.78, 5) is 14.0. The van der Waals surface area contributed by atoms with E-state index in [4.69, 9.17) is 11.6 Å². The van der Waals surface area contributed by atoms with E-state index in [1.165, 1.54) is 37.5 Å². The van der Waals surface area contributed by atoms with Crippen molar-refractivity contribution in [2.24, 2.45) is 5.92 Å². The Bertz CT molecular complexity index is 445. The zero-order valence-corrected chi connectivity index (χ0v) is 11.2. The third-order valence-corrected chi connectivity index (χ3v) is 3.77. The Hall–Kier alpha value is -1.09. The van der Waals surface area contributed by atoms with Crippen molar-refractivity contribution in [3.63, 3.8) is 0 Å². The molecule has 2 nitrogen and oxygen atoms in total. The maximum atomic E-state index is 13.6. The van der Waals surface area contributed by atoms with Crippen LogP contribution in [0.4, 0.5) is 4.39 Å². The number of halogens is 2. The minimum Gasteiger partial charge on any atom is -0.339 e. The van der Waals surface area contributed by atoms with Crippen molar-refractivity contribution in [1.82, 2.24) is 4.90 Å². The molecule has 98 valence electrons. The Morgan fingerprint density at radius 2 is 2.22 bits per heavy atom. The fraction of sp³-hybridized carbons (Fsp3) is 0.500. The molecule has 1 fully saturated rings. The van der Waals surface area contributed by atoms with Crippen LogP contribution in [0, 0.1) is 11.7 Å². The van der Waals surface area contributed by atoms with Crippen molar-refractivity contribution in [2.75, 3.05) is 13.1 Å². The number of benzene rings is 1. The summed E-state index contributed by atoms with van der Waals surface area (Å²) in [5.74, 6) is -0.183. The predicted molar refractivity (Wildman–Crippen MR) is 70.3 cm³/mol. The first-order chi connectivity index (χ1) is 8.61. The monoisotopic (exact) mass is 269 g/mol. The van der Waals surface area contributed by atoms with Crippen molar-refractivity contribution in [2.45, 2.75) is 26.2 Å². The van der Waals surface area contributed by atoms with Crippen LogP contribution in [-0.4, -0.2) is 23.9 Å². The normalized spacial score (nSPS) is 15.3. The highest BCUT2D eigenvalue weighted by molar-refractivity contribution is 6.30. The molecule has 1 aromatic carbocycles. The number of carbonyl (C=O) groups is 1. The summed E-state index contributed by atoms with van der Waals surface area (Å²) in [6.07, 6.45) is 3.57. The van der Waals surface area contributed by atoms with E-state index in [1.807, 2.05) is 6.92 Å². The molecule has 0 N–H and O–H groups in total. The first kappa shape index (κ1) is 13.3. The molecule has 0 aromatic heterocycles. The highest BCUT2D eigenvalue weighted by Gasteiger charge is 2.24. The molecule has 1 aromatic rings. The van der Waals surface area contributed by atoms with Crippen LogP contribution in [-0.2, 0) is 0 Å². The molecule has 0 atom stereocenters. The molecule has 0 saturated heterocycles. The SMILES string of the molecule is CCN(CC1CCC1)C(=O)c1cc(Cl)ccc1F. The molecule has 0 aliphatic heterocycles. The highest BCUT2D eigenvalue weighted by Crippen LogP contribution is 2.28. The zero-order valence-electron chi connectivity index (χ0n) is 10.5. The van der Waals surface area contributed by atoms with Crippen LogP contribution < -0.4 is 0 Å². The lowest BCUT2D eigenvalue weighted by Gasteiger charge is -2.31. The average molecular weight is 270 g/mol. The summed E-state index contributed by atoms with van der Waals surface area (Å²) in [7, 11) is 0. The molecule has 18 heavy (non-hydrogen) atoms. The summed E-state index contributed by atoms with van der Waals surface area (Å²) < 4.78 is 13.6. The number of rotatable bonds is 4. The summed E-state index contributed by atoms with van der Waals surface area (Å²) in [6.45, 7) is 3.24. The second kappa shape index (κ2) is 5.70. The molecular formula is C14H17ClFNO. The summed E-state index contributed by atoms with van der Waals surface area (Å²) in [6, 6.07) is 4.10. The fourth-order valence-electron chi connectivity index (χ4n) is 2.17. The van der Waals surface area contributed by atoms with Gasteiger partial charge in [-0.05, 0) is 43.9 Å². The van der Waals surface area contributed by atoms with E-state index >= 15 is 0 Å².